The van der Waals surface area contributed by atoms with Crippen molar-refractivity contribution >= 4 is 17.7 Å². The Kier molecular flexibility index (Phi) is 9.98. The molecule has 2 rings (SSSR count). The van der Waals surface area contributed by atoms with Gasteiger partial charge in [-0.2, -0.15) is 0 Å². The molecule has 0 aromatic carbocycles. The highest BCUT2D eigenvalue weighted by molar-refractivity contribution is 6.12. The van der Waals surface area contributed by atoms with Crippen molar-refractivity contribution in [2.45, 2.75) is 59.3 Å². The van der Waals surface area contributed by atoms with Gasteiger partial charge >= 0.3 is 0 Å². The molecule has 1 fully saturated rings. The van der Waals surface area contributed by atoms with Crippen LogP contribution in [0.15, 0.2) is 12.2 Å². The van der Waals surface area contributed by atoms with E-state index in [1.807, 2.05) is 0 Å². The van der Waals surface area contributed by atoms with Crippen LogP contribution in [-0.4, -0.2) is 62.1 Å². The number of hydrogen-bond acceptors (Lipinski definition) is 5. The van der Waals surface area contributed by atoms with Gasteiger partial charge < -0.3 is 14.8 Å². The molecule has 0 saturated heterocycles. The van der Waals surface area contributed by atoms with Gasteiger partial charge in [-0.05, 0) is 49.4 Å². The van der Waals surface area contributed by atoms with Crippen LogP contribution in [0.1, 0.15) is 59.3 Å². The first-order chi connectivity index (χ1) is 14.2. The van der Waals surface area contributed by atoms with Crippen molar-refractivity contribution in [2.24, 2.45) is 17.3 Å². The minimum absolute atomic E-state index is 0.0672. The van der Waals surface area contributed by atoms with Crippen LogP contribution >= 0.6 is 0 Å². The van der Waals surface area contributed by atoms with E-state index in [0.717, 1.165) is 38.7 Å². The predicted octanol–water partition coefficient (Wildman–Crippen LogP) is 2.69. The van der Waals surface area contributed by atoms with E-state index >= 15 is 0 Å². The maximum atomic E-state index is 12.1. The fourth-order valence-electron chi connectivity index (χ4n) is 3.78. The Bertz CT molecular complexity index is 585. The van der Waals surface area contributed by atoms with Crippen LogP contribution in [0.5, 0.6) is 0 Å². The minimum atomic E-state index is -0.208. The summed E-state index contributed by atoms with van der Waals surface area (Å²) in [4.78, 5) is 36.8. The second kappa shape index (κ2) is 12.2. The van der Waals surface area contributed by atoms with Crippen molar-refractivity contribution in [2.75, 3.05) is 39.5 Å². The first-order valence-corrected chi connectivity index (χ1v) is 11.2. The molecule has 0 spiro atoms. The van der Waals surface area contributed by atoms with Crippen LogP contribution in [-0.2, 0) is 23.9 Å². The van der Waals surface area contributed by atoms with Crippen molar-refractivity contribution in [1.82, 2.24) is 10.2 Å². The fraction of sp³-hybridized carbons (Fsp3) is 0.783. The third-order valence-corrected chi connectivity index (χ3v) is 5.72. The molecule has 1 aliphatic carbocycles. The lowest BCUT2D eigenvalue weighted by Gasteiger charge is -2.30. The van der Waals surface area contributed by atoms with Gasteiger partial charge in [0.1, 0.15) is 0 Å². The fourth-order valence-corrected chi connectivity index (χ4v) is 3.78. The Hall–Kier alpha value is -1.73. The molecule has 0 bridgehead atoms. The van der Waals surface area contributed by atoms with Gasteiger partial charge in [0.15, 0.2) is 0 Å². The third kappa shape index (κ3) is 9.39. The number of nitrogens with zero attached hydrogens (tertiary/aromatic N) is 1. The van der Waals surface area contributed by atoms with Crippen LogP contribution in [0.3, 0.4) is 0 Å². The summed E-state index contributed by atoms with van der Waals surface area (Å²) in [6, 6.07) is 0. The molecule has 7 nitrogen and oxygen atoms in total. The second-order valence-corrected chi connectivity index (χ2v) is 9.60. The highest BCUT2D eigenvalue weighted by atomic mass is 16.5. The summed E-state index contributed by atoms with van der Waals surface area (Å²) in [6.07, 6.45) is 8.06. The van der Waals surface area contributed by atoms with Gasteiger partial charge in [0.05, 0.1) is 19.8 Å². The first-order valence-electron chi connectivity index (χ1n) is 11.2. The predicted molar refractivity (Wildman–Crippen MR) is 115 cm³/mol. The molecule has 1 heterocycles. The Labute approximate surface area is 180 Å². The topological polar surface area (TPSA) is 84.9 Å². The quantitative estimate of drug-likeness (QED) is 0.386. The molecule has 7 heteroatoms. The van der Waals surface area contributed by atoms with E-state index in [4.69, 9.17) is 9.47 Å². The molecule has 0 aromatic rings. The maximum absolute atomic E-state index is 12.1. The van der Waals surface area contributed by atoms with E-state index in [-0.39, 0.29) is 23.1 Å². The highest BCUT2D eigenvalue weighted by Crippen LogP contribution is 2.31. The zero-order valence-electron chi connectivity index (χ0n) is 18.8. The lowest BCUT2D eigenvalue weighted by Crippen LogP contribution is -2.36. The number of carbonyl (C=O) groups excluding carboxylic acids is 3. The average Bonchev–Trinajstić information content (AvgIpc) is 2.99. The molecule has 0 unspecified atom stereocenters. The zero-order chi connectivity index (χ0) is 22.0. The summed E-state index contributed by atoms with van der Waals surface area (Å²) in [5.41, 5.74) is 0.286. The maximum Gasteiger partial charge on any atom is 0.253 e. The molecular weight excluding hydrogens is 384 g/mol. The summed E-state index contributed by atoms with van der Waals surface area (Å²) in [6.45, 7) is 9.95. The van der Waals surface area contributed by atoms with Crippen LogP contribution in [0.4, 0.5) is 0 Å². The van der Waals surface area contributed by atoms with Crippen molar-refractivity contribution in [1.29, 1.82) is 0 Å². The summed E-state index contributed by atoms with van der Waals surface area (Å²) < 4.78 is 11.0. The Morgan fingerprint density at radius 2 is 1.53 bits per heavy atom. The summed E-state index contributed by atoms with van der Waals surface area (Å²) >= 11 is 0. The Morgan fingerprint density at radius 1 is 0.967 bits per heavy atom. The van der Waals surface area contributed by atoms with Gasteiger partial charge in [-0.1, -0.05) is 20.8 Å². The number of ether oxygens (including phenoxy) is 2. The molecule has 1 N–H and O–H groups in total. The molecule has 30 heavy (non-hydrogen) atoms. The lowest BCUT2D eigenvalue weighted by atomic mass is 9.80. The van der Waals surface area contributed by atoms with E-state index in [2.05, 4.69) is 26.1 Å². The smallest absolute Gasteiger partial charge is 0.253 e. The standard InChI is InChI=1S/C23H38N2O5/c1-23(2,3)10-12-29-14-15-30-13-11-24-20(26)16-18-4-6-19(7-5-18)17-25-21(27)8-9-22(25)28/h8-9,18-19H,4-7,10-17H2,1-3H3,(H,24,26). The van der Waals surface area contributed by atoms with Gasteiger partial charge in [0.2, 0.25) is 5.91 Å². The molecule has 0 aromatic heterocycles. The number of amides is 3. The molecule has 0 radical (unpaired) electrons. The van der Waals surface area contributed by atoms with E-state index in [1.54, 1.807) is 0 Å². The summed E-state index contributed by atoms with van der Waals surface area (Å²) in [7, 11) is 0. The lowest BCUT2D eigenvalue weighted by molar-refractivity contribution is -0.137. The van der Waals surface area contributed by atoms with Gasteiger partial charge in [-0.15, -0.1) is 0 Å². The SMILES string of the molecule is CC(C)(C)CCOCCOCCNC(=O)CC1CCC(CN2C(=O)C=CC2=O)CC1. The van der Waals surface area contributed by atoms with Crippen LogP contribution in [0.2, 0.25) is 0 Å². The number of hydrogen-bond donors (Lipinski definition) is 1. The first kappa shape index (κ1) is 24.5. The van der Waals surface area contributed by atoms with Gasteiger partial charge in [-0.25, -0.2) is 0 Å². The number of rotatable bonds is 12. The van der Waals surface area contributed by atoms with E-state index < -0.39 is 0 Å². The van der Waals surface area contributed by atoms with Crippen LogP contribution in [0, 0.1) is 17.3 Å². The van der Waals surface area contributed by atoms with E-state index in [1.165, 1.54) is 17.1 Å². The van der Waals surface area contributed by atoms with Crippen molar-refractivity contribution < 1.29 is 23.9 Å². The molecule has 0 atom stereocenters. The third-order valence-electron chi connectivity index (χ3n) is 5.72. The van der Waals surface area contributed by atoms with Gasteiger partial charge in [-0.3, -0.25) is 19.3 Å². The average molecular weight is 423 g/mol. The summed E-state index contributed by atoms with van der Waals surface area (Å²) in [5.74, 6) is 0.371. The van der Waals surface area contributed by atoms with Crippen molar-refractivity contribution in [3.8, 4) is 0 Å². The van der Waals surface area contributed by atoms with Gasteiger partial charge in [0.25, 0.3) is 11.8 Å². The number of imide groups is 1. The van der Waals surface area contributed by atoms with Crippen molar-refractivity contribution in [3.63, 3.8) is 0 Å². The Morgan fingerprint density at radius 3 is 2.13 bits per heavy atom. The zero-order valence-corrected chi connectivity index (χ0v) is 18.8. The molecule has 3 amide bonds. The van der Waals surface area contributed by atoms with E-state index in [0.29, 0.717) is 51.2 Å². The largest absolute Gasteiger partial charge is 0.379 e. The molecule has 1 saturated carbocycles. The normalized spacial score (nSPS) is 22.0. The van der Waals surface area contributed by atoms with Gasteiger partial charge in [0, 0.05) is 38.3 Å². The molecule has 2 aliphatic rings. The molecule has 1 aliphatic heterocycles. The number of nitrogens with one attached hydrogen (secondary N) is 1. The number of carbonyl (C=O) groups is 3. The monoisotopic (exact) mass is 422 g/mol. The Balaban J connectivity index is 1.46. The molecule has 170 valence electrons. The summed E-state index contributed by atoms with van der Waals surface area (Å²) in [5, 5.41) is 2.92. The second-order valence-electron chi connectivity index (χ2n) is 9.60. The van der Waals surface area contributed by atoms with Crippen LogP contribution < -0.4 is 5.32 Å². The highest BCUT2D eigenvalue weighted by Gasteiger charge is 2.29. The molecular formula is C23H38N2O5. The van der Waals surface area contributed by atoms with E-state index in [9.17, 15) is 14.4 Å². The minimum Gasteiger partial charge on any atom is -0.379 e. The van der Waals surface area contributed by atoms with Crippen LogP contribution in [0.25, 0.3) is 0 Å². The van der Waals surface area contributed by atoms with Crippen molar-refractivity contribution in [3.05, 3.63) is 12.2 Å².